The average molecular weight is 559 g/mol. The molecule has 8 rings (SSSR count). The number of imidazole rings is 1. The third-order valence-electron chi connectivity index (χ3n) is 7.99. The van der Waals surface area contributed by atoms with Crippen molar-refractivity contribution in [3.63, 3.8) is 0 Å². The summed E-state index contributed by atoms with van der Waals surface area (Å²) in [5.41, 5.74) is 7.42. The Kier molecular flexibility index (Phi) is 5.80. The van der Waals surface area contributed by atoms with Crippen molar-refractivity contribution >= 4 is 33.8 Å². The molecule has 0 atom stereocenters. The second-order valence-electron chi connectivity index (χ2n) is 10.7. The molecule has 11 heteroatoms. The molecule has 1 saturated carbocycles. The fraction of sp³-hybridized carbons (Fsp3) is 0.226. The molecule has 42 heavy (non-hydrogen) atoms. The Labute approximate surface area is 239 Å². The molecule has 1 fully saturated rings. The number of hydrogen-bond acceptors (Lipinski definition) is 8. The van der Waals surface area contributed by atoms with E-state index in [2.05, 4.69) is 30.5 Å². The minimum atomic E-state index is 0.0628. The third kappa shape index (κ3) is 4.30. The molecular weight excluding hydrogens is 532 g/mol. The largest absolute Gasteiger partial charge is 0.454 e. The first kappa shape index (κ1) is 24.5. The summed E-state index contributed by atoms with van der Waals surface area (Å²) in [6, 6.07) is 13.5. The number of pyridine rings is 3. The molecule has 11 nitrogen and oxygen atoms in total. The van der Waals surface area contributed by atoms with Crippen molar-refractivity contribution in [3.8, 4) is 45.4 Å². The van der Waals surface area contributed by atoms with Gasteiger partial charge in [-0.05, 0) is 54.8 Å². The van der Waals surface area contributed by atoms with Crippen LogP contribution in [0, 0.1) is 5.92 Å². The number of fused-ring (bicyclic) bond motifs is 3. The number of aromatic amines is 2. The maximum atomic E-state index is 12.8. The zero-order valence-corrected chi connectivity index (χ0v) is 22.6. The van der Waals surface area contributed by atoms with E-state index in [1.165, 1.54) is 6.42 Å². The van der Waals surface area contributed by atoms with Crippen LogP contribution in [-0.2, 0) is 4.79 Å². The van der Waals surface area contributed by atoms with E-state index in [0.717, 1.165) is 59.2 Å². The van der Waals surface area contributed by atoms with E-state index in [-0.39, 0.29) is 18.6 Å². The SMILES string of the molecule is O=C(Nc1cncc(-c2ccc3[nH]nc(-c4nc5nccc(-c6ccc7c(c6)OCO7)c5[nH]4)c3n2)c1)C1CCCCC1. The number of benzene rings is 1. The maximum Gasteiger partial charge on any atom is 0.231 e. The summed E-state index contributed by atoms with van der Waals surface area (Å²) in [5, 5.41) is 10.7. The van der Waals surface area contributed by atoms with E-state index in [0.29, 0.717) is 39.8 Å². The Balaban J connectivity index is 1.13. The number of aromatic nitrogens is 7. The molecule has 1 amide bonds. The molecule has 0 radical (unpaired) electrons. The third-order valence-corrected chi connectivity index (χ3v) is 7.99. The molecular formula is C31H26N8O3. The van der Waals surface area contributed by atoms with Crippen LogP contribution in [0.15, 0.2) is 61.1 Å². The topological polar surface area (TPSA) is 144 Å². The van der Waals surface area contributed by atoms with Gasteiger partial charge < -0.3 is 19.8 Å². The minimum absolute atomic E-state index is 0.0628. The zero-order valence-electron chi connectivity index (χ0n) is 22.6. The van der Waals surface area contributed by atoms with Crippen LogP contribution in [0.2, 0.25) is 0 Å². The van der Waals surface area contributed by atoms with Crippen LogP contribution in [0.1, 0.15) is 32.1 Å². The smallest absolute Gasteiger partial charge is 0.231 e. The molecule has 0 bridgehead atoms. The lowest BCUT2D eigenvalue weighted by Crippen LogP contribution is -2.24. The van der Waals surface area contributed by atoms with Crippen LogP contribution in [0.4, 0.5) is 5.69 Å². The molecule has 6 aromatic rings. The number of hydrogen-bond donors (Lipinski definition) is 3. The summed E-state index contributed by atoms with van der Waals surface area (Å²) >= 11 is 0. The molecule has 2 aliphatic rings. The molecule has 6 heterocycles. The van der Waals surface area contributed by atoms with E-state index in [1.54, 1.807) is 18.6 Å². The van der Waals surface area contributed by atoms with Gasteiger partial charge in [-0.3, -0.25) is 14.9 Å². The van der Waals surface area contributed by atoms with Crippen LogP contribution in [0.25, 0.3) is 56.1 Å². The zero-order chi connectivity index (χ0) is 28.0. The predicted octanol–water partition coefficient (Wildman–Crippen LogP) is 5.87. The van der Waals surface area contributed by atoms with E-state index in [9.17, 15) is 4.79 Å². The van der Waals surface area contributed by atoms with E-state index in [1.807, 2.05) is 42.5 Å². The maximum absolute atomic E-state index is 12.8. The van der Waals surface area contributed by atoms with Crippen molar-refractivity contribution in [2.24, 2.45) is 5.92 Å². The number of nitrogens with one attached hydrogen (secondary N) is 3. The van der Waals surface area contributed by atoms with E-state index < -0.39 is 0 Å². The summed E-state index contributed by atoms with van der Waals surface area (Å²) in [6.45, 7) is 0.218. The summed E-state index contributed by atoms with van der Waals surface area (Å²) in [5.74, 6) is 2.11. The summed E-state index contributed by atoms with van der Waals surface area (Å²) in [4.78, 5) is 34.8. The number of nitrogens with zero attached hydrogens (tertiary/aromatic N) is 5. The number of amides is 1. The molecule has 1 aromatic carbocycles. The summed E-state index contributed by atoms with van der Waals surface area (Å²) in [7, 11) is 0. The summed E-state index contributed by atoms with van der Waals surface area (Å²) in [6.07, 6.45) is 10.4. The predicted molar refractivity (Wildman–Crippen MR) is 157 cm³/mol. The van der Waals surface area contributed by atoms with Gasteiger partial charge in [0, 0.05) is 29.4 Å². The number of carbonyl (C=O) groups excluding carboxylic acids is 1. The molecule has 0 spiro atoms. The highest BCUT2D eigenvalue weighted by Gasteiger charge is 2.22. The Bertz CT molecular complexity index is 1970. The first-order valence-electron chi connectivity index (χ1n) is 14.1. The van der Waals surface area contributed by atoms with Gasteiger partial charge in [-0.2, -0.15) is 5.10 Å². The van der Waals surface area contributed by atoms with Gasteiger partial charge in [0.15, 0.2) is 28.7 Å². The molecule has 1 aliphatic carbocycles. The Morgan fingerprint density at radius 2 is 1.83 bits per heavy atom. The van der Waals surface area contributed by atoms with Crippen molar-refractivity contribution < 1.29 is 14.3 Å². The first-order valence-corrected chi connectivity index (χ1v) is 14.1. The normalized spacial score (nSPS) is 15.0. The van der Waals surface area contributed by atoms with Crippen molar-refractivity contribution in [2.75, 3.05) is 12.1 Å². The second-order valence-corrected chi connectivity index (χ2v) is 10.7. The van der Waals surface area contributed by atoms with Crippen LogP contribution < -0.4 is 14.8 Å². The van der Waals surface area contributed by atoms with Crippen molar-refractivity contribution in [3.05, 3.63) is 61.1 Å². The number of rotatable bonds is 5. The van der Waals surface area contributed by atoms with Gasteiger partial charge in [-0.15, -0.1) is 0 Å². The Hall–Kier alpha value is -5.32. The van der Waals surface area contributed by atoms with Crippen molar-refractivity contribution in [2.45, 2.75) is 32.1 Å². The number of carbonyl (C=O) groups is 1. The standard InChI is InChI=1S/C31H26N8O3/c40-31(17-4-2-1-3-5-17)34-20-12-19(14-32-15-20)22-7-8-23-27(35-22)28(39-38-23)30-36-26-21(10-11-33-29(26)37-30)18-6-9-24-25(13-18)42-16-41-24/h6-15,17H,1-5,16H2,(H,34,40)(H,38,39)(H,33,36,37). The van der Waals surface area contributed by atoms with Gasteiger partial charge in [0.2, 0.25) is 12.7 Å². The van der Waals surface area contributed by atoms with Crippen LogP contribution in [-0.4, -0.2) is 47.8 Å². The Morgan fingerprint density at radius 3 is 2.76 bits per heavy atom. The van der Waals surface area contributed by atoms with Gasteiger partial charge in [0.25, 0.3) is 0 Å². The fourth-order valence-corrected chi connectivity index (χ4v) is 5.81. The summed E-state index contributed by atoms with van der Waals surface area (Å²) < 4.78 is 11.0. The molecule has 5 aromatic heterocycles. The van der Waals surface area contributed by atoms with Crippen molar-refractivity contribution in [1.29, 1.82) is 0 Å². The lowest BCUT2D eigenvalue weighted by molar-refractivity contribution is -0.120. The van der Waals surface area contributed by atoms with E-state index in [4.69, 9.17) is 19.4 Å². The van der Waals surface area contributed by atoms with Gasteiger partial charge in [0.05, 0.1) is 28.6 Å². The molecule has 1 aliphatic heterocycles. The Morgan fingerprint density at radius 1 is 0.929 bits per heavy atom. The van der Waals surface area contributed by atoms with E-state index >= 15 is 0 Å². The van der Waals surface area contributed by atoms with Crippen LogP contribution in [0.3, 0.4) is 0 Å². The lowest BCUT2D eigenvalue weighted by atomic mass is 9.88. The highest BCUT2D eigenvalue weighted by Crippen LogP contribution is 2.38. The van der Waals surface area contributed by atoms with Gasteiger partial charge in [0.1, 0.15) is 5.52 Å². The van der Waals surface area contributed by atoms with Crippen LogP contribution in [0.5, 0.6) is 11.5 Å². The molecule has 0 unspecified atom stereocenters. The number of ether oxygens (including phenoxy) is 2. The first-order chi connectivity index (χ1) is 20.7. The second kappa shape index (κ2) is 9.95. The van der Waals surface area contributed by atoms with Gasteiger partial charge in [-0.1, -0.05) is 25.3 Å². The average Bonchev–Trinajstić information content (AvgIpc) is 3.78. The fourth-order valence-electron chi connectivity index (χ4n) is 5.81. The monoisotopic (exact) mass is 558 g/mol. The lowest BCUT2D eigenvalue weighted by Gasteiger charge is -2.20. The van der Waals surface area contributed by atoms with Crippen LogP contribution >= 0.6 is 0 Å². The molecule has 3 N–H and O–H groups in total. The van der Waals surface area contributed by atoms with Gasteiger partial charge in [-0.25, -0.2) is 15.0 Å². The number of anilines is 1. The molecule has 0 saturated heterocycles. The van der Waals surface area contributed by atoms with Crippen molar-refractivity contribution in [1.82, 2.24) is 35.1 Å². The van der Waals surface area contributed by atoms with Gasteiger partial charge >= 0.3 is 0 Å². The minimum Gasteiger partial charge on any atom is -0.454 e. The highest BCUT2D eigenvalue weighted by atomic mass is 16.7. The molecule has 208 valence electrons. The quantitative estimate of drug-likeness (QED) is 0.238. The highest BCUT2D eigenvalue weighted by molar-refractivity contribution is 5.96. The number of H-pyrrole nitrogens is 2.